The van der Waals surface area contributed by atoms with Crippen LogP contribution >= 0.6 is 0 Å². The first-order valence-electron chi connectivity index (χ1n) is 9.52. The van der Waals surface area contributed by atoms with Crippen molar-refractivity contribution in [3.05, 3.63) is 65.0 Å². The third-order valence-corrected chi connectivity index (χ3v) is 6.31. The minimum Gasteiger partial charge on any atom is -0.488 e. The van der Waals surface area contributed by atoms with Crippen LogP contribution in [0.5, 0.6) is 5.75 Å². The van der Waals surface area contributed by atoms with E-state index in [1.807, 2.05) is 12.1 Å². The summed E-state index contributed by atoms with van der Waals surface area (Å²) in [6.45, 7) is 10.3. The summed E-state index contributed by atoms with van der Waals surface area (Å²) < 4.78 is 47.0. The molecule has 0 unspecified atom stereocenters. The van der Waals surface area contributed by atoms with Crippen LogP contribution in [0.3, 0.4) is 0 Å². The number of rotatable bonds is 8. The molecule has 0 aliphatic heterocycles. The second kappa shape index (κ2) is 8.37. The topological polar surface area (TPSA) is 9.23 Å². The van der Waals surface area contributed by atoms with Gasteiger partial charge in [-0.2, -0.15) is 0 Å². The lowest BCUT2D eigenvalue weighted by Crippen LogP contribution is -2.41. The molecule has 0 fully saturated rings. The highest BCUT2D eigenvalue weighted by atomic mass is 19.1. The second-order valence-electron chi connectivity index (χ2n) is 7.73. The molecule has 4 heteroatoms. The maximum atomic E-state index is 14.2. The van der Waals surface area contributed by atoms with Crippen molar-refractivity contribution in [2.75, 3.05) is 6.61 Å². The zero-order valence-electron chi connectivity index (χ0n) is 16.8. The van der Waals surface area contributed by atoms with E-state index in [-0.39, 0.29) is 29.0 Å². The lowest BCUT2D eigenvalue weighted by molar-refractivity contribution is 0.0881. The molecule has 2 aromatic rings. The molecule has 2 aromatic carbocycles. The first-order chi connectivity index (χ1) is 12.7. The molecule has 0 saturated carbocycles. The Morgan fingerprint density at radius 1 is 0.889 bits per heavy atom. The molecule has 1 nitrogen and oxygen atoms in total. The van der Waals surface area contributed by atoms with Crippen molar-refractivity contribution in [2.24, 2.45) is 5.41 Å². The Kier molecular flexibility index (Phi) is 6.61. The smallest absolute Gasteiger partial charge is 0.190 e. The zero-order valence-corrected chi connectivity index (χ0v) is 16.8. The molecule has 0 spiro atoms. The first-order valence-corrected chi connectivity index (χ1v) is 9.52. The van der Waals surface area contributed by atoms with E-state index in [0.717, 1.165) is 18.4 Å². The van der Waals surface area contributed by atoms with Crippen LogP contribution in [0.15, 0.2) is 36.4 Å². The Hall–Kier alpha value is -1.97. The van der Waals surface area contributed by atoms with Crippen LogP contribution in [0.2, 0.25) is 0 Å². The first kappa shape index (κ1) is 21.3. The van der Waals surface area contributed by atoms with E-state index in [9.17, 15) is 13.2 Å². The fourth-order valence-electron chi connectivity index (χ4n) is 4.08. The number of benzene rings is 2. The van der Waals surface area contributed by atoms with Crippen molar-refractivity contribution in [2.45, 2.75) is 59.3 Å². The normalized spacial score (nSPS) is 12.3. The molecule has 0 aliphatic rings. The van der Waals surface area contributed by atoms with E-state index >= 15 is 0 Å². The maximum absolute atomic E-state index is 14.2. The van der Waals surface area contributed by atoms with Crippen molar-refractivity contribution in [1.82, 2.24) is 0 Å². The third-order valence-electron chi connectivity index (χ3n) is 6.31. The second-order valence-corrected chi connectivity index (χ2v) is 7.73. The van der Waals surface area contributed by atoms with Gasteiger partial charge in [0, 0.05) is 0 Å². The summed E-state index contributed by atoms with van der Waals surface area (Å²) in [5.74, 6) is -1.90. The highest BCUT2D eigenvalue weighted by molar-refractivity contribution is 5.32. The fourth-order valence-corrected chi connectivity index (χ4v) is 4.08. The van der Waals surface area contributed by atoms with Gasteiger partial charge in [0.1, 0.15) is 5.82 Å². The van der Waals surface area contributed by atoms with Crippen molar-refractivity contribution in [3.8, 4) is 5.75 Å². The van der Waals surface area contributed by atoms with Crippen LogP contribution < -0.4 is 4.74 Å². The molecule has 0 aromatic heterocycles. The Balaban J connectivity index is 2.24. The van der Waals surface area contributed by atoms with Crippen molar-refractivity contribution in [3.63, 3.8) is 0 Å². The Morgan fingerprint density at radius 3 is 2.04 bits per heavy atom. The molecule has 0 bridgehead atoms. The van der Waals surface area contributed by atoms with E-state index in [1.165, 1.54) is 24.3 Å². The number of ether oxygens (including phenoxy) is 1. The van der Waals surface area contributed by atoms with Crippen LogP contribution in [-0.2, 0) is 5.41 Å². The van der Waals surface area contributed by atoms with Gasteiger partial charge in [0.15, 0.2) is 17.4 Å². The summed E-state index contributed by atoms with van der Waals surface area (Å²) >= 11 is 0. The average Bonchev–Trinajstić information content (AvgIpc) is 2.65. The summed E-state index contributed by atoms with van der Waals surface area (Å²) in [7, 11) is 0. The molecule has 0 atom stereocenters. The van der Waals surface area contributed by atoms with Crippen LogP contribution in [0.25, 0.3) is 0 Å². The number of halogens is 3. The van der Waals surface area contributed by atoms with Gasteiger partial charge < -0.3 is 4.74 Å². The van der Waals surface area contributed by atoms with Crippen LogP contribution in [0, 0.1) is 29.8 Å². The van der Waals surface area contributed by atoms with Crippen molar-refractivity contribution in [1.29, 1.82) is 0 Å². The van der Waals surface area contributed by atoms with Crippen LogP contribution in [0.1, 0.15) is 58.1 Å². The molecule has 0 N–H and O–H groups in total. The molecule has 0 radical (unpaired) electrons. The predicted molar refractivity (Wildman–Crippen MR) is 104 cm³/mol. The van der Waals surface area contributed by atoms with Crippen LogP contribution in [-0.4, -0.2) is 6.61 Å². The standard InChI is InChI=1S/C23H29F3O/c1-6-23(7-2,22(4,5)17-9-11-18(24)12-10-17)14-15-27-21-19(25)13-8-16(3)20(21)26/h8-13H,6-7,14-15H2,1-5H3. The SMILES string of the molecule is CCC(CC)(CCOc1c(F)ccc(C)c1F)C(C)(C)c1ccc(F)cc1. The fraction of sp³-hybridized carbons (Fsp3) is 0.478. The van der Waals surface area contributed by atoms with Gasteiger partial charge >= 0.3 is 0 Å². The van der Waals surface area contributed by atoms with Gasteiger partial charge in [-0.3, -0.25) is 0 Å². The molecule has 27 heavy (non-hydrogen) atoms. The summed E-state index contributed by atoms with van der Waals surface area (Å²) in [4.78, 5) is 0. The molecule has 0 heterocycles. The quantitative estimate of drug-likeness (QED) is 0.482. The van der Waals surface area contributed by atoms with Gasteiger partial charge in [-0.05, 0) is 66.3 Å². The lowest BCUT2D eigenvalue weighted by atomic mass is 9.58. The largest absolute Gasteiger partial charge is 0.488 e. The Morgan fingerprint density at radius 2 is 1.48 bits per heavy atom. The molecular weight excluding hydrogens is 349 g/mol. The highest BCUT2D eigenvalue weighted by Gasteiger charge is 2.43. The number of aryl methyl sites for hydroxylation is 1. The van der Waals surface area contributed by atoms with Crippen molar-refractivity contribution >= 4 is 0 Å². The number of hydrogen-bond donors (Lipinski definition) is 0. The maximum Gasteiger partial charge on any atom is 0.190 e. The lowest BCUT2D eigenvalue weighted by Gasteiger charge is -2.47. The van der Waals surface area contributed by atoms with Gasteiger partial charge in [0.05, 0.1) is 6.61 Å². The average molecular weight is 378 g/mol. The summed E-state index contributed by atoms with van der Waals surface area (Å²) in [5, 5.41) is 0. The van der Waals surface area contributed by atoms with Gasteiger partial charge in [-0.1, -0.05) is 45.9 Å². The van der Waals surface area contributed by atoms with E-state index in [0.29, 0.717) is 12.0 Å². The third kappa shape index (κ3) is 4.15. The van der Waals surface area contributed by atoms with E-state index in [2.05, 4.69) is 27.7 Å². The summed E-state index contributed by atoms with van der Waals surface area (Å²) in [6.07, 6.45) is 2.38. The monoisotopic (exact) mass is 378 g/mol. The molecule has 0 amide bonds. The molecule has 0 saturated heterocycles. The molecule has 0 aliphatic carbocycles. The molecule has 148 valence electrons. The van der Waals surface area contributed by atoms with Gasteiger partial charge in [-0.15, -0.1) is 0 Å². The van der Waals surface area contributed by atoms with Gasteiger partial charge in [-0.25, -0.2) is 13.2 Å². The molecular formula is C23H29F3O. The summed E-state index contributed by atoms with van der Waals surface area (Å²) in [6, 6.07) is 9.20. The Labute approximate surface area is 160 Å². The van der Waals surface area contributed by atoms with Crippen molar-refractivity contribution < 1.29 is 17.9 Å². The molecule has 2 rings (SSSR count). The van der Waals surface area contributed by atoms with Gasteiger partial charge in [0.25, 0.3) is 0 Å². The predicted octanol–water partition coefficient (Wildman–Crippen LogP) is 6.97. The number of hydrogen-bond acceptors (Lipinski definition) is 1. The minimum absolute atomic E-state index is 0.151. The van der Waals surface area contributed by atoms with Gasteiger partial charge in [0.2, 0.25) is 0 Å². The minimum atomic E-state index is -0.686. The Bertz CT molecular complexity index is 762. The van der Waals surface area contributed by atoms with E-state index in [4.69, 9.17) is 4.74 Å². The van der Waals surface area contributed by atoms with Crippen LogP contribution in [0.4, 0.5) is 13.2 Å². The van der Waals surface area contributed by atoms with E-state index < -0.39 is 11.6 Å². The zero-order chi connectivity index (χ0) is 20.2. The van der Waals surface area contributed by atoms with E-state index in [1.54, 1.807) is 6.92 Å². The highest BCUT2D eigenvalue weighted by Crippen LogP contribution is 2.49. The summed E-state index contributed by atoms with van der Waals surface area (Å²) in [5.41, 5.74) is 0.995.